The smallest absolute Gasteiger partial charge is 0.253 e. The molecular weight excluding hydrogens is 577 g/mol. The van der Waals surface area contributed by atoms with Crippen molar-refractivity contribution in [1.82, 2.24) is 20.5 Å². The minimum Gasteiger partial charge on any atom is -0.497 e. The molecule has 0 saturated heterocycles. The fraction of sp³-hybridized carbons (Fsp3) is 0.382. The van der Waals surface area contributed by atoms with E-state index in [0.29, 0.717) is 58.2 Å². The number of hydrogen-bond donors (Lipinski definition) is 4. The first kappa shape index (κ1) is 33.4. The van der Waals surface area contributed by atoms with E-state index < -0.39 is 18.0 Å². The third-order valence-electron chi connectivity index (χ3n) is 8.15. The van der Waals surface area contributed by atoms with Gasteiger partial charge in [0, 0.05) is 55.0 Å². The van der Waals surface area contributed by atoms with Crippen molar-refractivity contribution in [1.29, 1.82) is 0 Å². The highest BCUT2D eigenvalue weighted by Gasteiger charge is 2.37. The Labute approximate surface area is 263 Å². The lowest BCUT2D eigenvalue weighted by molar-refractivity contribution is -0.125. The number of aliphatic hydroxyl groups is 1. The first-order valence-corrected chi connectivity index (χ1v) is 15.2. The summed E-state index contributed by atoms with van der Waals surface area (Å²) in [5.41, 5.74) is 4.28. The van der Waals surface area contributed by atoms with Crippen LogP contribution in [0.1, 0.15) is 65.1 Å². The summed E-state index contributed by atoms with van der Waals surface area (Å²) in [6, 6.07) is 11.2. The number of ether oxygens (including phenoxy) is 1. The second kappa shape index (κ2) is 15.0. The maximum absolute atomic E-state index is 14.4. The number of aliphatic hydroxyl groups excluding tert-OH is 1. The zero-order valence-corrected chi connectivity index (χ0v) is 26.5. The van der Waals surface area contributed by atoms with E-state index in [9.17, 15) is 23.9 Å². The molecule has 0 spiro atoms. The number of carbonyl (C=O) groups excluding carboxylic acids is 3. The molecule has 3 amide bonds. The quantitative estimate of drug-likeness (QED) is 0.228. The molecule has 10 nitrogen and oxygen atoms in total. The van der Waals surface area contributed by atoms with Crippen LogP contribution >= 0.6 is 0 Å². The highest BCUT2D eigenvalue weighted by Crippen LogP contribution is 2.41. The van der Waals surface area contributed by atoms with Crippen LogP contribution in [0.4, 0.5) is 10.1 Å². The van der Waals surface area contributed by atoms with Gasteiger partial charge < -0.3 is 30.4 Å². The molecule has 2 heterocycles. The summed E-state index contributed by atoms with van der Waals surface area (Å²) >= 11 is 0. The fourth-order valence-electron chi connectivity index (χ4n) is 5.53. The summed E-state index contributed by atoms with van der Waals surface area (Å²) in [7, 11) is 1.58. The normalized spacial score (nSPS) is 15.0. The van der Waals surface area contributed by atoms with Crippen LogP contribution in [0.25, 0.3) is 11.6 Å². The first-order valence-electron chi connectivity index (χ1n) is 15.2. The molecule has 3 aromatic rings. The Morgan fingerprint density at radius 3 is 2.44 bits per heavy atom. The number of likely N-dealkylation sites (N-methyl/N-ethyl adjacent to an activating group) is 1. The van der Waals surface area contributed by atoms with Crippen LogP contribution in [0.15, 0.2) is 42.5 Å². The summed E-state index contributed by atoms with van der Waals surface area (Å²) < 4.78 is 19.5. The predicted octanol–water partition coefficient (Wildman–Crippen LogP) is 4.15. The molecule has 1 aromatic heterocycles. The first-order chi connectivity index (χ1) is 21.6. The standard InChI is InChI=1S/C34H42FN5O5/c1-6-39(7-2)17-16-36-33(43)32-21(3)28(38-22(32)4)19-27-26-18-24(35)10-13-29(26)40(34(27)44)31(42)15-14-30(41)37-20-23-8-11-25(45-5)12-9-23/h8-13,18-19,34,38,44H,6-7,14-17,20H2,1-5H3,(H,36,43)(H,37,41)/b27-19-. The van der Waals surface area contributed by atoms with Crippen molar-refractivity contribution in [2.45, 2.75) is 53.3 Å². The highest BCUT2D eigenvalue weighted by atomic mass is 19.1. The fourth-order valence-corrected chi connectivity index (χ4v) is 5.53. The van der Waals surface area contributed by atoms with E-state index in [1.807, 2.05) is 12.1 Å². The number of amides is 3. The molecule has 1 aliphatic heterocycles. The third kappa shape index (κ3) is 7.79. The van der Waals surface area contributed by atoms with E-state index in [4.69, 9.17) is 4.74 Å². The number of aryl methyl sites for hydroxylation is 1. The van der Waals surface area contributed by atoms with Crippen LogP contribution in [-0.4, -0.2) is 72.2 Å². The number of carbonyl (C=O) groups is 3. The molecule has 0 radical (unpaired) electrons. The maximum atomic E-state index is 14.4. The van der Waals surface area contributed by atoms with Gasteiger partial charge in [-0.3, -0.25) is 19.3 Å². The second-order valence-electron chi connectivity index (χ2n) is 11.0. The van der Waals surface area contributed by atoms with E-state index in [0.717, 1.165) is 25.2 Å². The Morgan fingerprint density at radius 2 is 1.78 bits per heavy atom. The number of hydrogen-bond acceptors (Lipinski definition) is 6. The summed E-state index contributed by atoms with van der Waals surface area (Å²) in [4.78, 5) is 45.5. The zero-order chi connectivity index (χ0) is 32.7. The molecule has 240 valence electrons. The lowest BCUT2D eigenvalue weighted by atomic mass is 10.0. The molecule has 2 aromatic carbocycles. The van der Waals surface area contributed by atoms with Crippen molar-refractivity contribution in [2.24, 2.45) is 0 Å². The monoisotopic (exact) mass is 619 g/mol. The number of benzene rings is 2. The number of H-pyrrole nitrogens is 1. The summed E-state index contributed by atoms with van der Waals surface area (Å²) in [6.07, 6.45) is -0.0120. The van der Waals surface area contributed by atoms with Crippen molar-refractivity contribution in [3.63, 3.8) is 0 Å². The van der Waals surface area contributed by atoms with Crippen molar-refractivity contribution in [3.05, 3.63) is 81.9 Å². The average Bonchev–Trinajstić information content (AvgIpc) is 3.47. The van der Waals surface area contributed by atoms with Gasteiger partial charge in [0.25, 0.3) is 5.91 Å². The van der Waals surface area contributed by atoms with Gasteiger partial charge >= 0.3 is 0 Å². The van der Waals surface area contributed by atoms with Crippen molar-refractivity contribution in [2.75, 3.05) is 38.2 Å². The molecule has 1 atom stereocenters. The van der Waals surface area contributed by atoms with Gasteiger partial charge in [0.1, 0.15) is 11.6 Å². The maximum Gasteiger partial charge on any atom is 0.253 e. The molecule has 45 heavy (non-hydrogen) atoms. The molecule has 1 aliphatic rings. The number of aromatic nitrogens is 1. The van der Waals surface area contributed by atoms with Crippen molar-refractivity contribution in [3.8, 4) is 5.75 Å². The van der Waals surface area contributed by atoms with Gasteiger partial charge in [0.15, 0.2) is 6.23 Å². The Morgan fingerprint density at radius 1 is 1.07 bits per heavy atom. The van der Waals surface area contributed by atoms with Gasteiger partial charge in [-0.25, -0.2) is 4.39 Å². The van der Waals surface area contributed by atoms with E-state index in [-0.39, 0.29) is 24.7 Å². The minimum absolute atomic E-state index is 0.0878. The Bertz CT molecular complexity index is 1560. The molecule has 0 saturated carbocycles. The van der Waals surface area contributed by atoms with Crippen LogP contribution < -0.4 is 20.3 Å². The van der Waals surface area contributed by atoms with Crippen molar-refractivity contribution >= 4 is 35.1 Å². The highest BCUT2D eigenvalue weighted by molar-refractivity contribution is 6.07. The number of nitrogens with zero attached hydrogens (tertiary/aromatic N) is 2. The Hall–Kier alpha value is -4.48. The lowest BCUT2D eigenvalue weighted by Gasteiger charge is -2.22. The number of anilines is 1. The van der Waals surface area contributed by atoms with Crippen LogP contribution in [0, 0.1) is 19.7 Å². The molecule has 4 rings (SSSR count). The van der Waals surface area contributed by atoms with E-state index in [1.165, 1.54) is 23.1 Å². The summed E-state index contributed by atoms with van der Waals surface area (Å²) in [5.74, 6) is -0.818. The van der Waals surface area contributed by atoms with Gasteiger partial charge in [0.05, 0.1) is 18.4 Å². The molecule has 11 heteroatoms. The van der Waals surface area contributed by atoms with E-state index >= 15 is 0 Å². The number of nitrogens with one attached hydrogen (secondary N) is 3. The number of fused-ring (bicyclic) bond motifs is 1. The SMILES string of the molecule is CCN(CC)CCNC(=O)c1c(C)[nH]c(/C=C2/c3cc(F)ccc3N(C(=O)CCC(=O)NCc3ccc(OC)cc3)C2O)c1C. The number of methoxy groups -OCH3 is 1. The number of halogens is 1. The summed E-state index contributed by atoms with van der Waals surface area (Å²) in [6.45, 7) is 11.1. The topological polar surface area (TPSA) is 127 Å². The lowest BCUT2D eigenvalue weighted by Crippen LogP contribution is -2.37. The molecular formula is C34H42FN5O5. The van der Waals surface area contributed by atoms with Gasteiger partial charge in [0.2, 0.25) is 11.8 Å². The molecule has 4 N–H and O–H groups in total. The Balaban J connectivity index is 1.47. The molecule has 0 bridgehead atoms. The van der Waals surface area contributed by atoms with Crippen molar-refractivity contribution < 1.29 is 28.6 Å². The van der Waals surface area contributed by atoms with Gasteiger partial charge in [-0.1, -0.05) is 26.0 Å². The van der Waals surface area contributed by atoms with E-state index in [1.54, 1.807) is 39.2 Å². The minimum atomic E-state index is -1.41. The predicted molar refractivity (Wildman–Crippen MR) is 172 cm³/mol. The van der Waals surface area contributed by atoms with Gasteiger partial charge in [-0.15, -0.1) is 0 Å². The molecule has 0 fully saturated rings. The largest absolute Gasteiger partial charge is 0.497 e. The summed E-state index contributed by atoms with van der Waals surface area (Å²) in [5, 5.41) is 17.1. The Kier molecular flexibility index (Phi) is 11.1. The van der Waals surface area contributed by atoms with Gasteiger partial charge in [-0.05, 0) is 74.5 Å². The second-order valence-corrected chi connectivity index (χ2v) is 11.0. The van der Waals surface area contributed by atoms with Crippen LogP contribution in [0.5, 0.6) is 5.75 Å². The van der Waals surface area contributed by atoms with Crippen LogP contribution in [0.2, 0.25) is 0 Å². The zero-order valence-electron chi connectivity index (χ0n) is 26.5. The third-order valence-corrected chi connectivity index (χ3v) is 8.15. The number of rotatable bonds is 13. The average molecular weight is 620 g/mol. The van der Waals surface area contributed by atoms with Crippen LogP contribution in [-0.2, 0) is 16.1 Å². The molecule has 1 unspecified atom stereocenters. The number of aromatic amines is 1. The van der Waals surface area contributed by atoms with Crippen LogP contribution in [0.3, 0.4) is 0 Å². The molecule has 0 aliphatic carbocycles. The van der Waals surface area contributed by atoms with E-state index in [2.05, 4.69) is 34.4 Å². The van der Waals surface area contributed by atoms with Gasteiger partial charge in [-0.2, -0.15) is 0 Å².